The third-order valence-electron chi connectivity index (χ3n) is 0.657. The Hall–Kier alpha value is -0.150. The van der Waals surface area contributed by atoms with Crippen molar-refractivity contribution >= 4 is 0 Å². The monoisotopic (exact) mass is 121 g/mol. The second-order valence-corrected chi connectivity index (χ2v) is 2.12. The molecule has 0 amide bonds. The number of alkyl halides is 1. The lowest BCUT2D eigenvalue weighted by Gasteiger charge is -2.14. The molecule has 0 radical (unpaired) electrons. The van der Waals surface area contributed by atoms with E-state index in [-0.39, 0.29) is 6.61 Å². The normalized spacial score (nSPS) is 12.0. The van der Waals surface area contributed by atoms with Crippen LogP contribution in [-0.2, 0) is 0 Å². The first-order valence-electron chi connectivity index (χ1n) is 2.61. The number of hydrogen-bond acceptors (Lipinski definition) is 2. The molecular formula is C5H12FNO. The minimum absolute atomic E-state index is 0.0205. The van der Waals surface area contributed by atoms with E-state index in [2.05, 4.69) is 5.32 Å². The maximum absolute atomic E-state index is 12.4. The first-order valence-corrected chi connectivity index (χ1v) is 2.61. The second kappa shape index (κ2) is 2.99. The molecule has 0 aromatic heterocycles. The molecule has 0 bridgehead atoms. The molecule has 0 saturated carbocycles. The van der Waals surface area contributed by atoms with Crippen LogP contribution in [0.4, 0.5) is 4.39 Å². The molecule has 50 valence electrons. The van der Waals surface area contributed by atoms with Crippen LogP contribution in [0.25, 0.3) is 0 Å². The van der Waals surface area contributed by atoms with Gasteiger partial charge in [0.1, 0.15) is 0 Å². The third-order valence-corrected chi connectivity index (χ3v) is 0.657. The first kappa shape index (κ1) is 7.85. The van der Waals surface area contributed by atoms with Gasteiger partial charge in [-0.1, -0.05) is 0 Å². The van der Waals surface area contributed by atoms with Gasteiger partial charge < -0.3 is 5.11 Å². The van der Waals surface area contributed by atoms with Crippen LogP contribution in [0.3, 0.4) is 0 Å². The molecule has 0 atom stereocenters. The molecule has 0 fully saturated rings. The van der Waals surface area contributed by atoms with E-state index in [4.69, 9.17) is 5.11 Å². The fourth-order valence-corrected chi connectivity index (χ4v) is 0.353. The second-order valence-electron chi connectivity index (χ2n) is 2.12. The Labute approximate surface area is 48.7 Å². The van der Waals surface area contributed by atoms with Gasteiger partial charge in [-0.25, -0.2) is 4.39 Å². The molecule has 0 unspecified atom stereocenters. The van der Waals surface area contributed by atoms with Crippen LogP contribution in [0.5, 0.6) is 0 Å². The van der Waals surface area contributed by atoms with Crippen LogP contribution in [-0.4, -0.2) is 24.1 Å². The quantitative estimate of drug-likeness (QED) is 0.525. The largest absolute Gasteiger partial charge is 0.395 e. The molecule has 0 heterocycles. The van der Waals surface area contributed by atoms with E-state index in [0.717, 1.165) is 0 Å². The number of aliphatic hydroxyl groups excluding tert-OH is 1. The molecule has 0 rings (SSSR count). The lowest BCUT2D eigenvalue weighted by Crippen LogP contribution is -2.36. The van der Waals surface area contributed by atoms with E-state index in [1.54, 1.807) is 0 Å². The molecule has 0 aliphatic heterocycles. The maximum atomic E-state index is 12.4. The third kappa shape index (κ3) is 5.85. The Morgan fingerprint density at radius 1 is 1.62 bits per heavy atom. The zero-order chi connectivity index (χ0) is 6.62. The van der Waals surface area contributed by atoms with Gasteiger partial charge in [-0.2, -0.15) is 0 Å². The van der Waals surface area contributed by atoms with Gasteiger partial charge in [0.2, 0.25) is 0 Å². The van der Waals surface area contributed by atoms with Gasteiger partial charge in [-0.3, -0.25) is 5.32 Å². The molecular weight excluding hydrogens is 109 g/mol. The van der Waals surface area contributed by atoms with E-state index in [0.29, 0.717) is 6.54 Å². The number of hydrogen-bond donors (Lipinski definition) is 2. The summed E-state index contributed by atoms with van der Waals surface area (Å²) < 4.78 is 12.4. The fraction of sp³-hybridized carbons (Fsp3) is 1.00. The van der Waals surface area contributed by atoms with Crippen molar-refractivity contribution in [2.45, 2.75) is 19.6 Å². The SMILES string of the molecule is CC(C)(F)NCCO. The zero-order valence-corrected chi connectivity index (χ0v) is 5.24. The van der Waals surface area contributed by atoms with Crippen LogP contribution < -0.4 is 5.32 Å². The van der Waals surface area contributed by atoms with Crippen molar-refractivity contribution in [3.05, 3.63) is 0 Å². The molecule has 0 aromatic rings. The summed E-state index contributed by atoms with van der Waals surface area (Å²) in [6, 6.07) is 0. The molecule has 2 N–H and O–H groups in total. The molecule has 0 spiro atoms. The van der Waals surface area contributed by atoms with Gasteiger partial charge in [0.25, 0.3) is 0 Å². The highest BCUT2D eigenvalue weighted by atomic mass is 19.1. The molecule has 8 heavy (non-hydrogen) atoms. The average Bonchev–Trinajstić information content (AvgIpc) is 1.59. The molecule has 0 aromatic carbocycles. The standard InChI is InChI=1S/C5H12FNO/c1-5(2,6)7-3-4-8/h7-8H,3-4H2,1-2H3. The number of aliphatic hydroxyl groups is 1. The van der Waals surface area contributed by atoms with Gasteiger partial charge in [0.15, 0.2) is 5.79 Å². The fourth-order valence-electron chi connectivity index (χ4n) is 0.353. The van der Waals surface area contributed by atoms with Gasteiger partial charge in [-0.05, 0) is 13.8 Å². The number of halogens is 1. The van der Waals surface area contributed by atoms with E-state index in [1.165, 1.54) is 13.8 Å². The lowest BCUT2D eigenvalue weighted by atomic mass is 10.3. The van der Waals surface area contributed by atoms with Crippen LogP contribution in [0.1, 0.15) is 13.8 Å². The summed E-state index contributed by atoms with van der Waals surface area (Å²) in [6.07, 6.45) is 0. The predicted molar refractivity (Wildman–Crippen MR) is 30.3 cm³/mol. The summed E-state index contributed by atoms with van der Waals surface area (Å²) in [4.78, 5) is 0. The summed E-state index contributed by atoms with van der Waals surface area (Å²) in [5.74, 6) is -1.36. The predicted octanol–water partition coefficient (Wildman–Crippen LogP) is 0.274. The van der Waals surface area contributed by atoms with Crippen LogP contribution in [0.15, 0.2) is 0 Å². The van der Waals surface area contributed by atoms with E-state index in [1.807, 2.05) is 0 Å². The van der Waals surface area contributed by atoms with Crippen LogP contribution >= 0.6 is 0 Å². The summed E-state index contributed by atoms with van der Waals surface area (Å²) in [6.45, 7) is 3.10. The van der Waals surface area contributed by atoms with Gasteiger partial charge in [0.05, 0.1) is 6.61 Å². The maximum Gasteiger partial charge on any atom is 0.156 e. The molecule has 0 aliphatic carbocycles. The first-order chi connectivity index (χ1) is 3.56. The minimum Gasteiger partial charge on any atom is -0.395 e. The van der Waals surface area contributed by atoms with Crippen molar-refractivity contribution in [1.82, 2.24) is 5.32 Å². The zero-order valence-electron chi connectivity index (χ0n) is 5.24. The van der Waals surface area contributed by atoms with Crippen molar-refractivity contribution in [2.75, 3.05) is 13.2 Å². The Morgan fingerprint density at radius 3 is 2.25 bits per heavy atom. The Morgan fingerprint density at radius 2 is 2.12 bits per heavy atom. The van der Waals surface area contributed by atoms with Crippen molar-refractivity contribution in [3.63, 3.8) is 0 Å². The van der Waals surface area contributed by atoms with Crippen LogP contribution in [0, 0.1) is 0 Å². The van der Waals surface area contributed by atoms with Crippen molar-refractivity contribution < 1.29 is 9.50 Å². The number of nitrogens with one attached hydrogen (secondary N) is 1. The molecule has 3 heteroatoms. The highest BCUT2D eigenvalue weighted by molar-refractivity contribution is 4.60. The van der Waals surface area contributed by atoms with Crippen molar-refractivity contribution in [3.8, 4) is 0 Å². The summed E-state index contributed by atoms with van der Waals surface area (Å²) in [7, 11) is 0. The van der Waals surface area contributed by atoms with Crippen molar-refractivity contribution in [1.29, 1.82) is 0 Å². The smallest absolute Gasteiger partial charge is 0.156 e. The van der Waals surface area contributed by atoms with Crippen LogP contribution in [0.2, 0.25) is 0 Å². The highest BCUT2D eigenvalue weighted by Gasteiger charge is 2.11. The van der Waals surface area contributed by atoms with E-state index < -0.39 is 5.79 Å². The molecule has 0 saturated heterocycles. The minimum atomic E-state index is -1.36. The van der Waals surface area contributed by atoms with Gasteiger partial charge in [0, 0.05) is 6.54 Å². The summed E-state index contributed by atoms with van der Waals surface area (Å²) in [5, 5.41) is 10.7. The average molecular weight is 121 g/mol. The topological polar surface area (TPSA) is 32.3 Å². The number of rotatable bonds is 3. The van der Waals surface area contributed by atoms with E-state index >= 15 is 0 Å². The summed E-state index contributed by atoms with van der Waals surface area (Å²) >= 11 is 0. The molecule has 0 aliphatic rings. The highest BCUT2D eigenvalue weighted by Crippen LogP contribution is 2.00. The van der Waals surface area contributed by atoms with Gasteiger partial charge >= 0.3 is 0 Å². The lowest BCUT2D eigenvalue weighted by molar-refractivity contribution is 0.149. The van der Waals surface area contributed by atoms with E-state index in [9.17, 15) is 4.39 Å². The molecule has 2 nitrogen and oxygen atoms in total. The van der Waals surface area contributed by atoms with Gasteiger partial charge in [-0.15, -0.1) is 0 Å². The Balaban J connectivity index is 3.11. The Kier molecular flexibility index (Phi) is 2.94. The van der Waals surface area contributed by atoms with Crippen molar-refractivity contribution in [2.24, 2.45) is 0 Å². The summed E-state index contributed by atoms with van der Waals surface area (Å²) in [5.41, 5.74) is 0. The Bertz CT molecular complexity index is 59.9.